The van der Waals surface area contributed by atoms with Gasteiger partial charge in [0.2, 0.25) is 0 Å². The van der Waals surface area contributed by atoms with E-state index in [4.69, 9.17) is 16.3 Å². The lowest BCUT2D eigenvalue weighted by Crippen LogP contribution is -2.41. The smallest absolute Gasteiger partial charge is 0.0761 e. The van der Waals surface area contributed by atoms with Gasteiger partial charge in [0.1, 0.15) is 0 Å². The van der Waals surface area contributed by atoms with Crippen molar-refractivity contribution in [3.05, 3.63) is 29.0 Å². The van der Waals surface area contributed by atoms with Crippen molar-refractivity contribution in [2.24, 2.45) is 5.92 Å². The Morgan fingerprint density at radius 2 is 2.25 bits per heavy atom. The molecule has 1 aliphatic heterocycles. The first kappa shape index (κ1) is 14.3. The molecule has 1 aliphatic carbocycles. The molecule has 1 N–H and O–H groups in total. The number of hydrogen-bond acceptors (Lipinski definition) is 3. The van der Waals surface area contributed by atoms with Gasteiger partial charge in [-0.15, -0.1) is 0 Å². The molecule has 110 valence electrons. The van der Waals surface area contributed by atoms with Crippen molar-refractivity contribution in [2.45, 2.75) is 50.2 Å². The van der Waals surface area contributed by atoms with Crippen molar-refractivity contribution in [1.29, 1.82) is 0 Å². The Labute approximate surface area is 126 Å². The van der Waals surface area contributed by atoms with Gasteiger partial charge in [0.25, 0.3) is 0 Å². The molecule has 2 unspecified atom stereocenters. The minimum absolute atomic E-state index is 0.138. The first-order valence-corrected chi connectivity index (χ1v) is 8.03. The van der Waals surface area contributed by atoms with Crippen LogP contribution in [0.4, 0.5) is 0 Å². The van der Waals surface area contributed by atoms with Crippen LogP contribution < -0.4 is 5.32 Å². The van der Waals surface area contributed by atoms with Crippen LogP contribution in [-0.4, -0.2) is 24.2 Å². The molecule has 1 saturated heterocycles. The van der Waals surface area contributed by atoms with Crippen LogP contribution in [0.3, 0.4) is 0 Å². The summed E-state index contributed by atoms with van der Waals surface area (Å²) in [5.74, 6) is 0.555. The average molecular weight is 295 g/mol. The summed E-state index contributed by atoms with van der Waals surface area (Å²) in [6.45, 7) is 0.868. The molecule has 3 nitrogen and oxygen atoms in total. The van der Waals surface area contributed by atoms with Gasteiger partial charge in [-0.1, -0.05) is 24.4 Å². The average Bonchev–Trinajstić information content (AvgIpc) is 2.90. The second kappa shape index (κ2) is 6.00. The summed E-state index contributed by atoms with van der Waals surface area (Å²) in [5.41, 5.74) is 1.12. The molecule has 4 heteroatoms. The molecule has 0 amide bonds. The van der Waals surface area contributed by atoms with Crippen LogP contribution in [-0.2, 0) is 4.74 Å². The SMILES string of the molecule is CNC(c1ncccc1Cl)C1CCOC2(CCCC2)C1. The summed E-state index contributed by atoms with van der Waals surface area (Å²) in [4.78, 5) is 4.50. The fraction of sp³-hybridized carbons (Fsp3) is 0.688. The number of hydrogen-bond donors (Lipinski definition) is 1. The van der Waals surface area contributed by atoms with Crippen LogP contribution in [0.25, 0.3) is 0 Å². The lowest BCUT2D eigenvalue weighted by Gasteiger charge is -2.41. The standard InChI is InChI=1S/C16H23ClN2O/c1-18-14(15-13(17)5-4-9-19-15)12-6-10-20-16(11-12)7-2-3-8-16/h4-5,9,12,14,18H,2-3,6-8,10-11H2,1H3. The molecule has 2 atom stereocenters. The summed E-state index contributed by atoms with van der Waals surface area (Å²) in [6, 6.07) is 4.05. The Kier molecular flexibility index (Phi) is 4.29. The number of halogens is 1. The third-order valence-electron chi connectivity index (χ3n) is 4.91. The van der Waals surface area contributed by atoms with Gasteiger partial charge in [-0.05, 0) is 50.8 Å². The Morgan fingerprint density at radius 3 is 2.95 bits per heavy atom. The molecule has 2 heterocycles. The van der Waals surface area contributed by atoms with Crippen LogP contribution in [0.1, 0.15) is 50.3 Å². The molecule has 1 saturated carbocycles. The Morgan fingerprint density at radius 1 is 1.45 bits per heavy atom. The van der Waals surface area contributed by atoms with Crippen LogP contribution in [0.15, 0.2) is 18.3 Å². The van der Waals surface area contributed by atoms with Gasteiger partial charge < -0.3 is 10.1 Å². The molecule has 3 rings (SSSR count). The molecule has 20 heavy (non-hydrogen) atoms. The highest BCUT2D eigenvalue weighted by atomic mass is 35.5. The van der Waals surface area contributed by atoms with Gasteiger partial charge in [0.15, 0.2) is 0 Å². The molecule has 0 bridgehead atoms. The van der Waals surface area contributed by atoms with E-state index in [1.807, 2.05) is 25.4 Å². The van der Waals surface area contributed by atoms with E-state index in [0.717, 1.165) is 30.2 Å². The van der Waals surface area contributed by atoms with Gasteiger partial charge in [-0.25, -0.2) is 0 Å². The van der Waals surface area contributed by atoms with Gasteiger partial charge in [0.05, 0.1) is 22.4 Å². The zero-order valence-corrected chi connectivity index (χ0v) is 12.8. The lowest BCUT2D eigenvalue weighted by molar-refractivity contribution is -0.0980. The number of ether oxygens (including phenoxy) is 1. The maximum atomic E-state index is 6.33. The van der Waals surface area contributed by atoms with Crippen LogP contribution in [0, 0.1) is 5.92 Å². The van der Waals surface area contributed by atoms with E-state index in [0.29, 0.717) is 5.92 Å². The Hall–Kier alpha value is -0.640. The molecular weight excluding hydrogens is 272 g/mol. The molecule has 1 aromatic heterocycles. The highest BCUT2D eigenvalue weighted by Crippen LogP contribution is 2.45. The minimum Gasteiger partial charge on any atom is -0.375 e. The molecule has 0 radical (unpaired) electrons. The van der Waals surface area contributed by atoms with Crippen molar-refractivity contribution in [1.82, 2.24) is 10.3 Å². The highest BCUT2D eigenvalue weighted by Gasteiger charge is 2.42. The monoisotopic (exact) mass is 294 g/mol. The zero-order chi connectivity index (χ0) is 14.0. The summed E-state index contributed by atoms with van der Waals surface area (Å²) >= 11 is 6.33. The van der Waals surface area contributed by atoms with Crippen molar-refractivity contribution in [3.8, 4) is 0 Å². The summed E-state index contributed by atoms with van der Waals surface area (Å²) < 4.78 is 6.14. The molecule has 2 fully saturated rings. The summed E-state index contributed by atoms with van der Waals surface area (Å²) in [6.07, 6.45) is 9.09. The number of nitrogens with one attached hydrogen (secondary N) is 1. The van der Waals surface area contributed by atoms with Crippen LogP contribution >= 0.6 is 11.6 Å². The first-order valence-electron chi connectivity index (χ1n) is 7.66. The predicted molar refractivity (Wildman–Crippen MR) is 80.9 cm³/mol. The van der Waals surface area contributed by atoms with E-state index < -0.39 is 0 Å². The summed E-state index contributed by atoms with van der Waals surface area (Å²) in [7, 11) is 2.01. The fourth-order valence-electron chi connectivity index (χ4n) is 3.94. The van der Waals surface area contributed by atoms with Crippen molar-refractivity contribution >= 4 is 11.6 Å². The number of nitrogens with zero attached hydrogens (tertiary/aromatic N) is 1. The Balaban J connectivity index is 1.81. The van der Waals surface area contributed by atoms with Crippen LogP contribution in [0.2, 0.25) is 5.02 Å². The van der Waals surface area contributed by atoms with E-state index in [1.165, 1.54) is 25.7 Å². The third-order valence-corrected chi connectivity index (χ3v) is 5.23. The van der Waals surface area contributed by atoms with E-state index >= 15 is 0 Å². The fourth-order valence-corrected chi connectivity index (χ4v) is 4.18. The normalized spacial score (nSPS) is 26.8. The van der Waals surface area contributed by atoms with E-state index in [-0.39, 0.29) is 11.6 Å². The van der Waals surface area contributed by atoms with Gasteiger partial charge in [-0.3, -0.25) is 4.98 Å². The second-order valence-corrected chi connectivity index (χ2v) is 6.54. The maximum absolute atomic E-state index is 6.33. The largest absolute Gasteiger partial charge is 0.375 e. The summed E-state index contributed by atoms with van der Waals surface area (Å²) in [5, 5.41) is 4.20. The number of pyridine rings is 1. The van der Waals surface area contributed by atoms with Gasteiger partial charge >= 0.3 is 0 Å². The molecule has 1 spiro atoms. The predicted octanol–water partition coefficient (Wildman–Crippen LogP) is 3.73. The highest BCUT2D eigenvalue weighted by molar-refractivity contribution is 6.31. The molecule has 1 aromatic rings. The zero-order valence-electron chi connectivity index (χ0n) is 12.1. The quantitative estimate of drug-likeness (QED) is 0.922. The minimum atomic E-state index is 0.138. The van der Waals surface area contributed by atoms with Gasteiger partial charge in [0, 0.05) is 12.8 Å². The number of aromatic nitrogens is 1. The van der Waals surface area contributed by atoms with E-state index in [2.05, 4.69) is 10.3 Å². The van der Waals surface area contributed by atoms with Crippen molar-refractivity contribution in [3.63, 3.8) is 0 Å². The number of rotatable bonds is 3. The van der Waals surface area contributed by atoms with E-state index in [9.17, 15) is 0 Å². The second-order valence-electron chi connectivity index (χ2n) is 6.13. The van der Waals surface area contributed by atoms with Crippen LogP contribution in [0.5, 0.6) is 0 Å². The molecule has 0 aromatic carbocycles. The van der Waals surface area contributed by atoms with Crippen molar-refractivity contribution < 1.29 is 4.74 Å². The van der Waals surface area contributed by atoms with Crippen molar-refractivity contribution in [2.75, 3.05) is 13.7 Å². The molecule has 2 aliphatic rings. The Bertz CT molecular complexity index is 460. The topological polar surface area (TPSA) is 34.2 Å². The lowest BCUT2D eigenvalue weighted by atomic mass is 9.79. The van der Waals surface area contributed by atoms with E-state index in [1.54, 1.807) is 0 Å². The maximum Gasteiger partial charge on any atom is 0.0761 e. The molecular formula is C16H23ClN2O. The van der Waals surface area contributed by atoms with Gasteiger partial charge in [-0.2, -0.15) is 0 Å². The third kappa shape index (κ3) is 2.72. The first-order chi connectivity index (χ1) is 9.74.